The molecule has 1 heterocycles. The standard InChI is InChI=1S/C9H17NO/c1-6(2)8-4-9(11)7(3)5-10-8/h6-8,10H,4-5H2,1-3H3. The third-order valence-electron chi connectivity index (χ3n) is 2.46. The molecule has 0 spiro atoms. The fraction of sp³-hybridized carbons (Fsp3) is 0.889. The van der Waals surface area contributed by atoms with Crippen LogP contribution in [0, 0.1) is 11.8 Å². The van der Waals surface area contributed by atoms with Gasteiger partial charge in [-0.3, -0.25) is 4.79 Å². The van der Waals surface area contributed by atoms with Crippen molar-refractivity contribution in [3.05, 3.63) is 0 Å². The van der Waals surface area contributed by atoms with Crippen LogP contribution in [-0.4, -0.2) is 18.4 Å². The first-order chi connectivity index (χ1) is 5.11. The first-order valence-corrected chi connectivity index (χ1v) is 4.37. The van der Waals surface area contributed by atoms with E-state index in [2.05, 4.69) is 19.2 Å². The lowest BCUT2D eigenvalue weighted by Gasteiger charge is -2.29. The van der Waals surface area contributed by atoms with Crippen LogP contribution in [-0.2, 0) is 4.79 Å². The molecule has 0 aromatic heterocycles. The molecule has 64 valence electrons. The average Bonchev–Trinajstić information content (AvgIpc) is 1.94. The zero-order valence-electron chi connectivity index (χ0n) is 7.55. The zero-order valence-corrected chi connectivity index (χ0v) is 7.55. The maximum atomic E-state index is 11.3. The van der Waals surface area contributed by atoms with Gasteiger partial charge in [-0.15, -0.1) is 0 Å². The Hall–Kier alpha value is -0.370. The zero-order chi connectivity index (χ0) is 8.43. The van der Waals surface area contributed by atoms with Crippen LogP contribution in [0.25, 0.3) is 0 Å². The predicted octanol–water partition coefficient (Wildman–Crippen LogP) is 1.21. The van der Waals surface area contributed by atoms with Gasteiger partial charge in [-0.2, -0.15) is 0 Å². The number of piperidine rings is 1. The molecule has 0 bridgehead atoms. The molecule has 2 atom stereocenters. The second-order valence-corrected chi connectivity index (χ2v) is 3.83. The van der Waals surface area contributed by atoms with Crippen LogP contribution in [0.1, 0.15) is 27.2 Å². The molecule has 1 fully saturated rings. The topological polar surface area (TPSA) is 29.1 Å². The minimum absolute atomic E-state index is 0.227. The van der Waals surface area contributed by atoms with Gasteiger partial charge < -0.3 is 5.32 Å². The Bertz CT molecular complexity index is 154. The quantitative estimate of drug-likeness (QED) is 0.616. The highest BCUT2D eigenvalue weighted by molar-refractivity contribution is 5.82. The fourth-order valence-corrected chi connectivity index (χ4v) is 1.40. The van der Waals surface area contributed by atoms with Gasteiger partial charge in [-0.05, 0) is 5.92 Å². The second-order valence-electron chi connectivity index (χ2n) is 3.83. The van der Waals surface area contributed by atoms with Crippen molar-refractivity contribution in [1.29, 1.82) is 0 Å². The van der Waals surface area contributed by atoms with E-state index in [4.69, 9.17) is 0 Å². The second kappa shape index (κ2) is 3.35. The van der Waals surface area contributed by atoms with Crippen molar-refractivity contribution >= 4 is 5.78 Å². The summed E-state index contributed by atoms with van der Waals surface area (Å²) >= 11 is 0. The van der Waals surface area contributed by atoms with Crippen LogP contribution < -0.4 is 5.32 Å². The summed E-state index contributed by atoms with van der Waals surface area (Å²) < 4.78 is 0. The van der Waals surface area contributed by atoms with Gasteiger partial charge in [0.25, 0.3) is 0 Å². The van der Waals surface area contributed by atoms with Crippen molar-refractivity contribution < 1.29 is 4.79 Å². The predicted molar refractivity (Wildman–Crippen MR) is 45.4 cm³/mol. The van der Waals surface area contributed by atoms with E-state index < -0.39 is 0 Å². The van der Waals surface area contributed by atoms with E-state index in [9.17, 15) is 4.79 Å². The summed E-state index contributed by atoms with van der Waals surface area (Å²) in [7, 11) is 0. The van der Waals surface area contributed by atoms with Crippen LogP contribution >= 0.6 is 0 Å². The number of Topliss-reactive ketones (excluding diaryl/α,β-unsaturated/α-hetero) is 1. The summed E-state index contributed by atoms with van der Waals surface area (Å²) in [4.78, 5) is 11.3. The van der Waals surface area contributed by atoms with Crippen molar-refractivity contribution in [2.24, 2.45) is 11.8 Å². The third-order valence-corrected chi connectivity index (χ3v) is 2.46. The SMILES string of the molecule is CC1CNC(C(C)C)CC1=O. The van der Waals surface area contributed by atoms with Gasteiger partial charge in [0.2, 0.25) is 0 Å². The minimum atomic E-state index is 0.227. The third kappa shape index (κ3) is 2.03. The number of hydrogen-bond acceptors (Lipinski definition) is 2. The first kappa shape index (κ1) is 8.72. The Morgan fingerprint density at radius 1 is 1.55 bits per heavy atom. The van der Waals surface area contributed by atoms with Crippen molar-refractivity contribution in [3.63, 3.8) is 0 Å². The number of rotatable bonds is 1. The van der Waals surface area contributed by atoms with E-state index >= 15 is 0 Å². The summed E-state index contributed by atoms with van der Waals surface area (Å²) in [6, 6.07) is 0.415. The van der Waals surface area contributed by atoms with E-state index in [1.165, 1.54) is 0 Å². The lowest BCUT2D eigenvalue weighted by atomic mass is 9.89. The molecular formula is C9H17NO. The Labute approximate surface area is 68.4 Å². The summed E-state index contributed by atoms with van der Waals surface area (Å²) in [5.74, 6) is 1.22. The number of carbonyl (C=O) groups is 1. The number of nitrogens with one attached hydrogen (secondary N) is 1. The first-order valence-electron chi connectivity index (χ1n) is 4.37. The van der Waals surface area contributed by atoms with Gasteiger partial charge in [0.15, 0.2) is 0 Å². The molecule has 1 saturated heterocycles. The van der Waals surface area contributed by atoms with Gasteiger partial charge in [0.05, 0.1) is 0 Å². The van der Waals surface area contributed by atoms with Crippen LogP contribution in [0.15, 0.2) is 0 Å². The normalized spacial score (nSPS) is 32.9. The van der Waals surface area contributed by atoms with Gasteiger partial charge in [-0.1, -0.05) is 20.8 Å². The summed E-state index contributed by atoms with van der Waals surface area (Å²) in [6.45, 7) is 7.16. The highest BCUT2D eigenvalue weighted by Gasteiger charge is 2.26. The van der Waals surface area contributed by atoms with Crippen molar-refractivity contribution in [2.45, 2.75) is 33.2 Å². The summed E-state index contributed by atoms with van der Waals surface area (Å²) in [5.41, 5.74) is 0. The van der Waals surface area contributed by atoms with E-state index in [0.717, 1.165) is 13.0 Å². The number of ketones is 1. The smallest absolute Gasteiger partial charge is 0.138 e. The molecule has 0 amide bonds. The number of hydrogen-bond donors (Lipinski definition) is 1. The molecule has 1 aliphatic rings. The van der Waals surface area contributed by atoms with Crippen molar-refractivity contribution in [2.75, 3.05) is 6.54 Å². The van der Waals surface area contributed by atoms with Crippen LogP contribution in [0.4, 0.5) is 0 Å². The molecule has 1 aliphatic heterocycles. The minimum Gasteiger partial charge on any atom is -0.313 e. The van der Waals surface area contributed by atoms with E-state index in [1.807, 2.05) is 6.92 Å². The largest absolute Gasteiger partial charge is 0.313 e. The van der Waals surface area contributed by atoms with Crippen LogP contribution in [0.2, 0.25) is 0 Å². The molecule has 0 saturated carbocycles. The van der Waals surface area contributed by atoms with E-state index in [0.29, 0.717) is 17.7 Å². The van der Waals surface area contributed by atoms with E-state index in [-0.39, 0.29) is 5.92 Å². The Balaban J connectivity index is 2.46. The monoisotopic (exact) mass is 155 g/mol. The van der Waals surface area contributed by atoms with Gasteiger partial charge >= 0.3 is 0 Å². The molecule has 11 heavy (non-hydrogen) atoms. The number of carbonyl (C=O) groups excluding carboxylic acids is 1. The average molecular weight is 155 g/mol. The lowest BCUT2D eigenvalue weighted by molar-refractivity contribution is -0.124. The summed E-state index contributed by atoms with van der Waals surface area (Å²) in [6.07, 6.45) is 0.721. The Kier molecular flexibility index (Phi) is 2.66. The molecule has 0 aromatic rings. The highest BCUT2D eigenvalue weighted by atomic mass is 16.1. The lowest BCUT2D eigenvalue weighted by Crippen LogP contribution is -2.45. The van der Waals surface area contributed by atoms with Gasteiger partial charge in [0.1, 0.15) is 5.78 Å². The van der Waals surface area contributed by atoms with Crippen molar-refractivity contribution in [1.82, 2.24) is 5.32 Å². The Morgan fingerprint density at radius 3 is 2.64 bits per heavy atom. The summed E-state index contributed by atoms with van der Waals surface area (Å²) in [5, 5.41) is 3.38. The maximum Gasteiger partial charge on any atom is 0.138 e. The molecule has 0 aliphatic carbocycles. The maximum absolute atomic E-state index is 11.3. The highest BCUT2D eigenvalue weighted by Crippen LogP contribution is 2.15. The molecule has 1 rings (SSSR count). The molecule has 0 aromatic carbocycles. The fourth-order valence-electron chi connectivity index (χ4n) is 1.40. The van der Waals surface area contributed by atoms with Gasteiger partial charge in [-0.25, -0.2) is 0 Å². The molecule has 2 nitrogen and oxygen atoms in total. The van der Waals surface area contributed by atoms with Crippen molar-refractivity contribution in [3.8, 4) is 0 Å². The molecule has 1 N–H and O–H groups in total. The van der Waals surface area contributed by atoms with Gasteiger partial charge in [0, 0.05) is 24.9 Å². The Morgan fingerprint density at radius 2 is 2.18 bits per heavy atom. The molecule has 2 unspecified atom stereocenters. The molecule has 0 radical (unpaired) electrons. The van der Waals surface area contributed by atoms with Crippen LogP contribution in [0.5, 0.6) is 0 Å². The molecule has 2 heteroatoms. The van der Waals surface area contributed by atoms with Crippen LogP contribution in [0.3, 0.4) is 0 Å². The van der Waals surface area contributed by atoms with E-state index in [1.54, 1.807) is 0 Å². The molecular weight excluding hydrogens is 138 g/mol.